The fourth-order valence-corrected chi connectivity index (χ4v) is 2.94. The summed E-state index contributed by atoms with van der Waals surface area (Å²) in [6.45, 7) is 1.93. The topological polar surface area (TPSA) is 85.6 Å². The number of para-hydroxylation sites is 1. The molecule has 0 aliphatic carbocycles. The van der Waals surface area contributed by atoms with Crippen molar-refractivity contribution in [2.75, 3.05) is 11.9 Å². The minimum Gasteiger partial charge on any atom is -0.462 e. The Balaban J connectivity index is 1.91. The summed E-state index contributed by atoms with van der Waals surface area (Å²) in [4.78, 5) is 36.2. The van der Waals surface area contributed by atoms with Crippen molar-refractivity contribution in [3.8, 4) is 0 Å². The van der Waals surface area contributed by atoms with Crippen molar-refractivity contribution in [3.63, 3.8) is 0 Å². The van der Waals surface area contributed by atoms with Gasteiger partial charge < -0.3 is 14.5 Å². The number of anilines is 1. The Morgan fingerprint density at radius 2 is 2.00 bits per heavy atom. The molecule has 1 aromatic carbocycles. The third-order valence-electron chi connectivity index (χ3n) is 3.27. The number of hydrogen-bond donors (Lipinski definition) is 1. The molecule has 1 amide bonds. The second kappa shape index (κ2) is 6.67. The summed E-state index contributed by atoms with van der Waals surface area (Å²) in [6.07, 6.45) is 0. The molecular formula is C17H13NO5S. The number of carbonyl (C=O) groups excluding carboxylic acids is 2. The number of fused-ring (bicyclic) bond motifs is 1. The molecule has 1 N–H and O–H groups in total. The van der Waals surface area contributed by atoms with E-state index in [1.54, 1.807) is 42.6 Å². The van der Waals surface area contributed by atoms with Crippen molar-refractivity contribution >= 4 is 39.2 Å². The van der Waals surface area contributed by atoms with Crippen LogP contribution in [0.4, 0.5) is 5.00 Å². The van der Waals surface area contributed by atoms with Crippen LogP contribution in [0.25, 0.3) is 11.0 Å². The van der Waals surface area contributed by atoms with Gasteiger partial charge in [0.15, 0.2) is 0 Å². The van der Waals surface area contributed by atoms with E-state index in [9.17, 15) is 14.4 Å². The average molecular weight is 343 g/mol. The second-order valence-corrected chi connectivity index (χ2v) is 5.74. The number of carbonyl (C=O) groups is 2. The minimum atomic E-state index is -0.736. The molecule has 0 saturated carbocycles. The third-order valence-corrected chi connectivity index (χ3v) is 4.10. The van der Waals surface area contributed by atoms with Gasteiger partial charge >= 0.3 is 11.6 Å². The molecule has 0 bridgehead atoms. The summed E-state index contributed by atoms with van der Waals surface area (Å²) < 4.78 is 10.1. The lowest BCUT2D eigenvalue weighted by Gasteiger charge is -2.06. The number of hydrogen-bond acceptors (Lipinski definition) is 6. The number of ether oxygens (including phenoxy) is 1. The smallest absolute Gasteiger partial charge is 0.349 e. The zero-order valence-corrected chi connectivity index (χ0v) is 13.5. The molecule has 3 aromatic rings. The van der Waals surface area contributed by atoms with E-state index < -0.39 is 17.5 Å². The highest BCUT2D eigenvalue weighted by atomic mass is 32.1. The largest absolute Gasteiger partial charge is 0.462 e. The number of rotatable bonds is 4. The number of amides is 1. The number of thiophene rings is 1. The first-order valence-corrected chi connectivity index (χ1v) is 8.07. The number of nitrogens with one attached hydrogen (secondary N) is 1. The third kappa shape index (κ3) is 3.07. The highest BCUT2D eigenvalue weighted by Gasteiger charge is 2.19. The Bertz CT molecular complexity index is 972. The van der Waals surface area contributed by atoms with Gasteiger partial charge in [-0.1, -0.05) is 18.2 Å². The lowest BCUT2D eigenvalue weighted by molar-refractivity contribution is 0.0528. The molecular weight excluding hydrogens is 330 g/mol. The Hall–Kier alpha value is -2.93. The molecule has 0 radical (unpaired) electrons. The molecule has 2 heterocycles. The molecule has 0 saturated heterocycles. The maximum atomic E-state index is 12.4. The first-order valence-electron chi connectivity index (χ1n) is 7.19. The van der Waals surface area contributed by atoms with Gasteiger partial charge in [0.1, 0.15) is 16.1 Å². The average Bonchev–Trinajstić information content (AvgIpc) is 3.02. The monoisotopic (exact) mass is 343 g/mol. The number of benzene rings is 1. The highest BCUT2D eigenvalue weighted by molar-refractivity contribution is 7.14. The molecule has 2 aromatic heterocycles. The standard InChI is InChI=1S/C17H13NO5S/c1-2-22-16(20)11-7-8-24-15(11)18-14(19)12-9-10-5-3-4-6-13(10)23-17(12)21/h3-9H,2H2,1H3,(H,18,19). The van der Waals surface area contributed by atoms with Crippen LogP contribution in [0.1, 0.15) is 27.6 Å². The van der Waals surface area contributed by atoms with Crippen molar-refractivity contribution in [1.29, 1.82) is 0 Å². The van der Waals surface area contributed by atoms with Crippen molar-refractivity contribution in [2.45, 2.75) is 6.92 Å². The van der Waals surface area contributed by atoms with E-state index >= 15 is 0 Å². The summed E-state index contributed by atoms with van der Waals surface area (Å²) >= 11 is 1.17. The highest BCUT2D eigenvalue weighted by Crippen LogP contribution is 2.24. The molecule has 6 nitrogen and oxygen atoms in total. The fraction of sp³-hybridized carbons (Fsp3) is 0.118. The molecule has 0 atom stereocenters. The summed E-state index contributed by atoms with van der Waals surface area (Å²) in [5.74, 6) is -1.16. The van der Waals surface area contributed by atoms with Crippen LogP contribution in [-0.2, 0) is 4.74 Å². The van der Waals surface area contributed by atoms with Gasteiger partial charge in [0.2, 0.25) is 0 Å². The van der Waals surface area contributed by atoms with Crippen molar-refractivity contribution in [1.82, 2.24) is 0 Å². The van der Waals surface area contributed by atoms with Gasteiger partial charge in [0.05, 0.1) is 12.2 Å². The predicted molar refractivity (Wildman–Crippen MR) is 90.7 cm³/mol. The van der Waals surface area contributed by atoms with Gasteiger partial charge in [-0.25, -0.2) is 9.59 Å². The van der Waals surface area contributed by atoms with Crippen molar-refractivity contribution in [3.05, 3.63) is 63.3 Å². The van der Waals surface area contributed by atoms with E-state index in [4.69, 9.17) is 9.15 Å². The summed E-state index contributed by atoms with van der Waals surface area (Å²) in [5.41, 5.74) is -0.208. The number of esters is 1. The Kier molecular flexibility index (Phi) is 4.43. The first kappa shape index (κ1) is 15.9. The molecule has 7 heteroatoms. The van der Waals surface area contributed by atoms with E-state index in [1.807, 2.05) is 0 Å². The van der Waals surface area contributed by atoms with Crippen LogP contribution in [-0.4, -0.2) is 18.5 Å². The summed E-state index contributed by atoms with van der Waals surface area (Å²) in [5, 5.41) is 5.19. The lowest BCUT2D eigenvalue weighted by atomic mass is 10.2. The minimum absolute atomic E-state index is 0.128. The van der Waals surface area contributed by atoms with Crippen molar-refractivity contribution < 1.29 is 18.7 Å². The normalized spacial score (nSPS) is 10.5. The molecule has 0 aliphatic rings. The molecule has 0 spiro atoms. The van der Waals surface area contributed by atoms with E-state index in [2.05, 4.69) is 5.32 Å². The maximum Gasteiger partial charge on any atom is 0.349 e. The van der Waals surface area contributed by atoms with Gasteiger partial charge in [-0.3, -0.25) is 4.79 Å². The van der Waals surface area contributed by atoms with Crippen LogP contribution in [0.2, 0.25) is 0 Å². The molecule has 0 fully saturated rings. The summed E-state index contributed by atoms with van der Waals surface area (Å²) in [6, 6.07) is 9.93. The lowest BCUT2D eigenvalue weighted by Crippen LogP contribution is -2.21. The van der Waals surface area contributed by atoms with Gasteiger partial charge in [0, 0.05) is 5.39 Å². The van der Waals surface area contributed by atoms with E-state index in [0.29, 0.717) is 16.0 Å². The zero-order valence-electron chi connectivity index (χ0n) is 12.7. The van der Waals surface area contributed by atoms with Gasteiger partial charge in [-0.05, 0) is 30.5 Å². The Labute approximate surface area is 140 Å². The van der Waals surface area contributed by atoms with E-state index in [-0.39, 0.29) is 17.7 Å². The van der Waals surface area contributed by atoms with E-state index in [1.165, 1.54) is 17.4 Å². The SMILES string of the molecule is CCOC(=O)c1ccsc1NC(=O)c1cc2ccccc2oc1=O. The quantitative estimate of drug-likeness (QED) is 0.580. The van der Waals surface area contributed by atoms with Crippen LogP contribution < -0.4 is 10.9 Å². The molecule has 122 valence electrons. The van der Waals surface area contributed by atoms with Crippen LogP contribution in [0, 0.1) is 0 Å². The van der Waals surface area contributed by atoms with Gasteiger partial charge in [-0.15, -0.1) is 11.3 Å². The Morgan fingerprint density at radius 1 is 1.21 bits per heavy atom. The van der Waals surface area contributed by atoms with Crippen LogP contribution in [0.15, 0.2) is 51.0 Å². The molecule has 0 aliphatic heterocycles. The molecule has 24 heavy (non-hydrogen) atoms. The maximum absolute atomic E-state index is 12.4. The molecule has 0 unspecified atom stereocenters. The fourth-order valence-electron chi connectivity index (χ4n) is 2.17. The summed E-state index contributed by atoms with van der Waals surface area (Å²) in [7, 11) is 0. The Morgan fingerprint density at radius 3 is 2.79 bits per heavy atom. The van der Waals surface area contributed by atoms with Gasteiger partial charge in [-0.2, -0.15) is 0 Å². The van der Waals surface area contributed by atoms with E-state index in [0.717, 1.165) is 0 Å². The van der Waals surface area contributed by atoms with Crippen molar-refractivity contribution in [2.24, 2.45) is 0 Å². The predicted octanol–water partition coefficient (Wildman–Crippen LogP) is 3.28. The first-order chi connectivity index (χ1) is 11.6. The molecule has 3 rings (SSSR count). The van der Waals surface area contributed by atoms with Gasteiger partial charge in [0.25, 0.3) is 5.91 Å². The van der Waals surface area contributed by atoms with Crippen LogP contribution >= 0.6 is 11.3 Å². The zero-order chi connectivity index (χ0) is 17.1. The van der Waals surface area contributed by atoms with Crippen LogP contribution in [0.5, 0.6) is 0 Å². The van der Waals surface area contributed by atoms with Crippen LogP contribution in [0.3, 0.4) is 0 Å². The second-order valence-electron chi connectivity index (χ2n) is 4.82.